The van der Waals surface area contributed by atoms with E-state index in [1.165, 1.54) is 0 Å². The first-order valence-electron chi connectivity index (χ1n) is 7.18. The number of carbonyl (C=O) groups is 1. The minimum absolute atomic E-state index is 0.243. The first-order valence-corrected chi connectivity index (χ1v) is 8.16. The molecule has 0 aliphatic carbocycles. The summed E-state index contributed by atoms with van der Waals surface area (Å²) in [5.41, 5.74) is 0.788. The Hall–Kier alpha value is -2.54. The van der Waals surface area contributed by atoms with Crippen molar-refractivity contribution in [3.63, 3.8) is 0 Å². The topological polar surface area (TPSA) is 78.9 Å². The molecule has 0 bridgehead atoms. The van der Waals surface area contributed by atoms with Crippen LogP contribution in [0.3, 0.4) is 0 Å². The predicted molar refractivity (Wildman–Crippen MR) is 94.9 cm³/mol. The van der Waals surface area contributed by atoms with Crippen LogP contribution in [0.25, 0.3) is 0 Å². The van der Waals surface area contributed by atoms with E-state index in [9.17, 15) is 4.79 Å². The number of nitrogens with zero attached hydrogens (tertiary/aromatic N) is 2. The molecule has 1 aromatic heterocycles. The van der Waals surface area contributed by atoms with Crippen molar-refractivity contribution in [2.45, 2.75) is 4.90 Å². The van der Waals surface area contributed by atoms with Crippen LogP contribution in [-0.2, 0) is 0 Å². The highest BCUT2D eigenvalue weighted by atomic mass is 32.2. The van der Waals surface area contributed by atoms with Crippen molar-refractivity contribution < 1.29 is 4.79 Å². The average Bonchev–Trinajstić information content (AvgIpc) is 2.59. The van der Waals surface area contributed by atoms with Gasteiger partial charge in [-0.25, -0.2) is 14.8 Å². The number of aromatic nitrogens is 2. The standard InChI is InChI=1S/C16H19N5OS/c1-2-12-23-14-7-4-3-6-13(14)21-16(22)20-11-10-19-15-17-8-5-9-18-15/h2-9H,1,10-12H2,(H,17,18,19)(H2,20,21,22). The molecule has 0 aliphatic heterocycles. The van der Waals surface area contributed by atoms with Gasteiger partial charge in [0.05, 0.1) is 5.69 Å². The molecule has 1 heterocycles. The third-order valence-corrected chi connectivity index (χ3v) is 3.82. The second kappa shape index (κ2) is 9.47. The molecule has 7 heteroatoms. The molecule has 23 heavy (non-hydrogen) atoms. The predicted octanol–water partition coefficient (Wildman–Crippen LogP) is 2.99. The molecule has 0 spiro atoms. The van der Waals surface area contributed by atoms with E-state index >= 15 is 0 Å². The average molecular weight is 329 g/mol. The molecular formula is C16H19N5OS. The molecule has 2 aromatic rings. The smallest absolute Gasteiger partial charge is 0.319 e. The summed E-state index contributed by atoms with van der Waals surface area (Å²) < 4.78 is 0. The Morgan fingerprint density at radius 2 is 1.96 bits per heavy atom. The monoisotopic (exact) mass is 329 g/mol. The third kappa shape index (κ3) is 5.99. The van der Waals surface area contributed by atoms with Gasteiger partial charge in [-0.2, -0.15) is 0 Å². The van der Waals surface area contributed by atoms with Crippen molar-refractivity contribution in [2.24, 2.45) is 0 Å². The number of thioether (sulfide) groups is 1. The number of nitrogens with one attached hydrogen (secondary N) is 3. The van der Waals surface area contributed by atoms with Gasteiger partial charge in [0.2, 0.25) is 5.95 Å². The maximum atomic E-state index is 11.9. The van der Waals surface area contributed by atoms with Gasteiger partial charge in [-0.1, -0.05) is 18.2 Å². The van der Waals surface area contributed by atoms with Crippen LogP contribution in [0.1, 0.15) is 0 Å². The lowest BCUT2D eigenvalue weighted by Crippen LogP contribution is -2.33. The van der Waals surface area contributed by atoms with Crippen LogP contribution in [0.5, 0.6) is 0 Å². The Morgan fingerprint density at radius 3 is 2.74 bits per heavy atom. The van der Waals surface area contributed by atoms with E-state index in [-0.39, 0.29) is 6.03 Å². The molecule has 0 aliphatic rings. The van der Waals surface area contributed by atoms with Crippen molar-refractivity contribution in [3.05, 3.63) is 55.4 Å². The molecule has 3 N–H and O–H groups in total. The molecule has 0 radical (unpaired) electrons. The van der Waals surface area contributed by atoms with Crippen LogP contribution in [0.2, 0.25) is 0 Å². The quantitative estimate of drug-likeness (QED) is 0.394. The summed E-state index contributed by atoms with van der Waals surface area (Å²) in [7, 11) is 0. The summed E-state index contributed by atoms with van der Waals surface area (Å²) in [4.78, 5) is 21.0. The summed E-state index contributed by atoms with van der Waals surface area (Å²) in [5.74, 6) is 1.34. The Bertz CT molecular complexity index is 635. The molecule has 1 aromatic carbocycles. The van der Waals surface area contributed by atoms with Gasteiger partial charge in [0, 0.05) is 36.1 Å². The number of carbonyl (C=O) groups excluding carboxylic acids is 1. The Morgan fingerprint density at radius 1 is 1.17 bits per heavy atom. The molecule has 0 fully saturated rings. The van der Waals surface area contributed by atoms with Gasteiger partial charge in [-0.15, -0.1) is 18.3 Å². The Labute approximate surface area is 139 Å². The van der Waals surface area contributed by atoms with Crippen LogP contribution < -0.4 is 16.0 Å². The van der Waals surface area contributed by atoms with Crippen LogP contribution in [0.4, 0.5) is 16.4 Å². The molecule has 0 unspecified atom stereocenters. The second-order valence-corrected chi connectivity index (χ2v) is 5.54. The fraction of sp³-hybridized carbons (Fsp3) is 0.188. The SMILES string of the molecule is C=CCSc1ccccc1NC(=O)NCCNc1ncccn1. The summed E-state index contributed by atoms with van der Waals surface area (Å²) >= 11 is 1.63. The number of urea groups is 1. The van der Waals surface area contributed by atoms with E-state index in [4.69, 9.17) is 0 Å². The summed E-state index contributed by atoms with van der Waals surface area (Å²) in [6, 6.07) is 9.19. The zero-order valence-electron chi connectivity index (χ0n) is 12.7. The molecule has 0 atom stereocenters. The van der Waals surface area contributed by atoms with E-state index < -0.39 is 0 Å². The zero-order chi connectivity index (χ0) is 16.3. The van der Waals surface area contributed by atoms with Crippen molar-refractivity contribution in [2.75, 3.05) is 29.5 Å². The third-order valence-electron chi connectivity index (χ3n) is 2.75. The minimum Gasteiger partial charge on any atom is -0.352 e. The molecule has 0 saturated heterocycles. The lowest BCUT2D eigenvalue weighted by Gasteiger charge is -2.11. The Kier molecular flexibility index (Phi) is 6.93. The van der Waals surface area contributed by atoms with Gasteiger partial charge >= 0.3 is 6.03 Å². The van der Waals surface area contributed by atoms with Gasteiger partial charge in [-0.05, 0) is 18.2 Å². The van der Waals surface area contributed by atoms with E-state index in [0.717, 1.165) is 16.3 Å². The van der Waals surface area contributed by atoms with Gasteiger partial charge in [0.15, 0.2) is 0 Å². The van der Waals surface area contributed by atoms with E-state index in [1.54, 1.807) is 30.2 Å². The fourth-order valence-electron chi connectivity index (χ4n) is 1.75. The fourth-order valence-corrected chi connectivity index (χ4v) is 2.50. The van der Waals surface area contributed by atoms with Crippen molar-refractivity contribution >= 4 is 29.4 Å². The van der Waals surface area contributed by atoms with Gasteiger partial charge in [0.25, 0.3) is 0 Å². The first kappa shape index (κ1) is 16.8. The number of benzene rings is 1. The van der Waals surface area contributed by atoms with Gasteiger partial charge in [0.1, 0.15) is 0 Å². The lowest BCUT2D eigenvalue weighted by atomic mass is 10.3. The number of para-hydroxylation sites is 1. The van der Waals surface area contributed by atoms with Gasteiger partial charge < -0.3 is 16.0 Å². The molecule has 2 amide bonds. The van der Waals surface area contributed by atoms with E-state index in [0.29, 0.717) is 19.0 Å². The lowest BCUT2D eigenvalue weighted by molar-refractivity contribution is 0.252. The van der Waals surface area contributed by atoms with Crippen LogP contribution in [0.15, 0.2) is 60.3 Å². The highest BCUT2D eigenvalue weighted by Crippen LogP contribution is 2.26. The molecule has 0 saturated carbocycles. The highest BCUT2D eigenvalue weighted by Gasteiger charge is 2.05. The minimum atomic E-state index is -0.243. The first-order chi connectivity index (χ1) is 11.3. The van der Waals surface area contributed by atoms with Crippen LogP contribution in [0, 0.1) is 0 Å². The number of hydrogen-bond acceptors (Lipinski definition) is 5. The van der Waals surface area contributed by atoms with E-state index in [2.05, 4.69) is 32.5 Å². The molecule has 6 nitrogen and oxygen atoms in total. The summed E-state index contributed by atoms with van der Waals surface area (Å²) in [6.45, 7) is 4.71. The highest BCUT2D eigenvalue weighted by molar-refractivity contribution is 7.99. The van der Waals surface area contributed by atoms with Crippen molar-refractivity contribution in [1.29, 1.82) is 0 Å². The maximum absolute atomic E-state index is 11.9. The molecule has 120 valence electrons. The number of anilines is 2. The maximum Gasteiger partial charge on any atom is 0.319 e. The number of rotatable bonds is 8. The number of hydrogen-bond donors (Lipinski definition) is 3. The molecular weight excluding hydrogens is 310 g/mol. The molecule has 2 rings (SSSR count). The van der Waals surface area contributed by atoms with E-state index in [1.807, 2.05) is 30.3 Å². The largest absolute Gasteiger partial charge is 0.352 e. The second-order valence-electron chi connectivity index (χ2n) is 4.48. The normalized spacial score (nSPS) is 9.91. The van der Waals surface area contributed by atoms with Gasteiger partial charge in [-0.3, -0.25) is 0 Å². The van der Waals surface area contributed by atoms with Crippen molar-refractivity contribution in [1.82, 2.24) is 15.3 Å². The van der Waals surface area contributed by atoms with Crippen LogP contribution >= 0.6 is 11.8 Å². The Balaban J connectivity index is 1.75. The van der Waals surface area contributed by atoms with Crippen LogP contribution in [-0.4, -0.2) is 34.8 Å². The zero-order valence-corrected chi connectivity index (χ0v) is 13.5. The summed E-state index contributed by atoms with van der Waals surface area (Å²) in [5, 5.41) is 8.66. The van der Waals surface area contributed by atoms with Crippen molar-refractivity contribution in [3.8, 4) is 0 Å². The number of amides is 2. The summed E-state index contributed by atoms with van der Waals surface area (Å²) in [6.07, 6.45) is 5.15.